The normalized spacial score (nSPS) is 10.3. The lowest BCUT2D eigenvalue weighted by Gasteiger charge is -2.23. The van der Waals surface area contributed by atoms with Crippen molar-refractivity contribution >= 4 is 35.4 Å². The Kier molecular flexibility index (Phi) is 28.1. The fourth-order valence-corrected chi connectivity index (χ4v) is 5.11. The third kappa shape index (κ3) is 23.6. The van der Waals surface area contributed by atoms with Gasteiger partial charge in [0.2, 0.25) is 35.4 Å². The monoisotopic (exact) mass is 725 g/mol. The highest BCUT2D eigenvalue weighted by Crippen LogP contribution is 2.05. The number of carbonyl (C=O) groups excluding carboxylic acids is 6. The first-order valence-electron chi connectivity index (χ1n) is 18.1. The van der Waals surface area contributed by atoms with Crippen LogP contribution in [0.2, 0.25) is 0 Å². The third-order valence-electron chi connectivity index (χ3n) is 7.79. The Labute approximate surface area is 311 Å². The summed E-state index contributed by atoms with van der Waals surface area (Å²) in [5, 5.41) is 8.66. The number of amides is 6. The van der Waals surface area contributed by atoms with E-state index in [4.69, 9.17) is 0 Å². The molecule has 0 fully saturated rings. The van der Waals surface area contributed by atoms with Crippen LogP contribution in [0.4, 0.5) is 0 Å². The second kappa shape index (κ2) is 31.0. The minimum absolute atomic E-state index is 0.0641. The molecule has 0 saturated heterocycles. The zero-order valence-electron chi connectivity index (χ0n) is 31.3. The Bertz CT molecular complexity index is 1020. The zero-order chi connectivity index (χ0) is 39.0. The van der Waals surface area contributed by atoms with Gasteiger partial charge in [-0.1, -0.05) is 36.5 Å². The molecule has 0 aromatic rings. The minimum atomic E-state index is -0.170. The van der Waals surface area contributed by atoms with E-state index in [0.29, 0.717) is 97.8 Å². The topological polar surface area (TPSA) is 151 Å². The first kappa shape index (κ1) is 47.2. The molecule has 0 bridgehead atoms. The van der Waals surface area contributed by atoms with Gasteiger partial charge in [-0.25, -0.2) is 0 Å². The summed E-state index contributed by atoms with van der Waals surface area (Å²) in [5.41, 5.74) is 0. The molecule has 13 heteroatoms. The van der Waals surface area contributed by atoms with Crippen LogP contribution in [0.25, 0.3) is 0 Å². The lowest BCUT2D eigenvalue weighted by Crippen LogP contribution is -2.43. The third-order valence-corrected chi connectivity index (χ3v) is 7.79. The number of carbonyl (C=O) groups is 6. The highest BCUT2D eigenvalue weighted by atomic mass is 16.2. The molecule has 0 saturated carbocycles. The lowest BCUT2D eigenvalue weighted by molar-refractivity contribution is -0.131. The molecule has 6 amide bonds. The SMILES string of the molecule is C=CCN(CC=C)C(=O)CCCC(=O)NCCN(CCNC(=O)CCCC(=O)N(CC=C)CC=C)CCNC(=O)CCCC(=O)N(CC=C)CC=C. The maximum absolute atomic E-state index is 12.5. The Balaban J connectivity index is 4.90. The second-order valence-electron chi connectivity index (χ2n) is 12.1. The van der Waals surface area contributed by atoms with Gasteiger partial charge in [0.25, 0.3) is 0 Å². The lowest BCUT2D eigenvalue weighted by atomic mass is 10.2. The Morgan fingerprint density at radius 1 is 0.385 bits per heavy atom. The summed E-state index contributed by atoms with van der Waals surface area (Å²) in [7, 11) is 0. The Morgan fingerprint density at radius 2 is 0.615 bits per heavy atom. The molecule has 0 aliphatic rings. The molecule has 52 heavy (non-hydrogen) atoms. The van der Waals surface area contributed by atoms with Crippen molar-refractivity contribution in [1.29, 1.82) is 0 Å². The van der Waals surface area contributed by atoms with Crippen molar-refractivity contribution in [2.45, 2.75) is 57.8 Å². The van der Waals surface area contributed by atoms with E-state index in [0.717, 1.165) is 0 Å². The van der Waals surface area contributed by atoms with Gasteiger partial charge in [0.1, 0.15) is 0 Å². The molecule has 0 aliphatic carbocycles. The average molecular weight is 726 g/mol. The van der Waals surface area contributed by atoms with Crippen molar-refractivity contribution < 1.29 is 28.8 Å². The smallest absolute Gasteiger partial charge is 0.223 e. The van der Waals surface area contributed by atoms with Crippen LogP contribution < -0.4 is 16.0 Å². The standard InChI is InChI=1S/C39H63N7O6/c1-7-25-44(26-8-2)37(50)19-13-16-34(47)40-22-31-43(32-23-41-35(48)17-14-20-38(51)45(27-9-3)28-10-4)33-24-42-36(49)18-15-21-39(52)46(29-11-5)30-12-6/h7-12H,1-6,13-33H2,(H,40,47)(H,41,48)(H,42,49). The van der Waals surface area contributed by atoms with Crippen LogP contribution in [0.1, 0.15) is 57.8 Å². The van der Waals surface area contributed by atoms with Crippen LogP contribution in [0, 0.1) is 0 Å². The first-order chi connectivity index (χ1) is 25.1. The largest absolute Gasteiger partial charge is 0.355 e. The zero-order valence-corrected chi connectivity index (χ0v) is 31.3. The maximum Gasteiger partial charge on any atom is 0.223 e. The molecule has 0 spiro atoms. The molecule has 0 heterocycles. The summed E-state index contributed by atoms with van der Waals surface area (Å²) in [6.45, 7) is 27.0. The molecule has 0 rings (SSSR count). The fraction of sp³-hybridized carbons (Fsp3) is 0.538. The van der Waals surface area contributed by atoms with E-state index in [-0.39, 0.29) is 74.0 Å². The molecule has 0 aromatic carbocycles. The summed E-state index contributed by atoms with van der Waals surface area (Å²) in [4.78, 5) is 81.6. The number of hydrogen-bond donors (Lipinski definition) is 3. The van der Waals surface area contributed by atoms with E-state index < -0.39 is 0 Å². The van der Waals surface area contributed by atoms with Crippen LogP contribution in [-0.4, -0.2) is 134 Å². The molecule has 0 unspecified atom stereocenters. The Hall–Kier alpha value is -4.78. The van der Waals surface area contributed by atoms with Crippen LogP contribution in [0.15, 0.2) is 75.9 Å². The van der Waals surface area contributed by atoms with E-state index in [1.54, 1.807) is 51.2 Å². The van der Waals surface area contributed by atoms with Gasteiger partial charge in [0, 0.05) is 117 Å². The number of rotatable bonds is 33. The summed E-state index contributed by atoms with van der Waals surface area (Å²) >= 11 is 0. The molecular weight excluding hydrogens is 662 g/mol. The van der Waals surface area contributed by atoms with Gasteiger partial charge in [0.05, 0.1) is 0 Å². The van der Waals surface area contributed by atoms with Crippen molar-refractivity contribution in [2.24, 2.45) is 0 Å². The van der Waals surface area contributed by atoms with Gasteiger partial charge in [-0.2, -0.15) is 0 Å². The van der Waals surface area contributed by atoms with Crippen molar-refractivity contribution in [3.05, 3.63) is 75.9 Å². The van der Waals surface area contributed by atoms with E-state index >= 15 is 0 Å². The molecule has 290 valence electrons. The number of nitrogens with zero attached hydrogens (tertiary/aromatic N) is 4. The number of nitrogens with one attached hydrogen (secondary N) is 3. The van der Waals surface area contributed by atoms with Crippen LogP contribution >= 0.6 is 0 Å². The number of hydrogen-bond acceptors (Lipinski definition) is 7. The second-order valence-corrected chi connectivity index (χ2v) is 12.1. The molecule has 0 radical (unpaired) electrons. The minimum Gasteiger partial charge on any atom is -0.355 e. The van der Waals surface area contributed by atoms with Crippen LogP contribution in [0.3, 0.4) is 0 Å². The predicted octanol–water partition coefficient (Wildman–Crippen LogP) is 2.75. The Morgan fingerprint density at radius 3 is 0.827 bits per heavy atom. The van der Waals surface area contributed by atoms with Crippen molar-refractivity contribution in [3.63, 3.8) is 0 Å². The maximum atomic E-state index is 12.5. The van der Waals surface area contributed by atoms with Gasteiger partial charge < -0.3 is 30.7 Å². The average Bonchev–Trinajstić information content (AvgIpc) is 3.11. The van der Waals surface area contributed by atoms with Gasteiger partial charge >= 0.3 is 0 Å². The van der Waals surface area contributed by atoms with E-state index in [1.165, 1.54) is 0 Å². The van der Waals surface area contributed by atoms with Gasteiger partial charge in [-0.15, -0.1) is 39.5 Å². The van der Waals surface area contributed by atoms with Crippen molar-refractivity contribution in [3.8, 4) is 0 Å². The molecular formula is C39H63N7O6. The highest BCUT2D eigenvalue weighted by molar-refractivity contribution is 5.80. The van der Waals surface area contributed by atoms with Crippen molar-refractivity contribution in [1.82, 2.24) is 35.6 Å². The molecule has 0 aliphatic heterocycles. The first-order valence-corrected chi connectivity index (χ1v) is 18.1. The summed E-state index contributed by atoms with van der Waals surface area (Å²) in [6.07, 6.45) is 12.5. The van der Waals surface area contributed by atoms with E-state index in [2.05, 4.69) is 55.4 Å². The molecule has 3 N–H and O–H groups in total. The summed E-state index contributed by atoms with van der Waals surface area (Å²) in [6, 6.07) is 0. The molecule has 0 atom stereocenters. The molecule has 13 nitrogen and oxygen atoms in total. The van der Waals surface area contributed by atoms with Crippen LogP contribution in [0.5, 0.6) is 0 Å². The van der Waals surface area contributed by atoms with Crippen LogP contribution in [-0.2, 0) is 28.8 Å². The van der Waals surface area contributed by atoms with Gasteiger partial charge in [-0.3, -0.25) is 33.7 Å². The quantitative estimate of drug-likeness (QED) is 0.0881. The van der Waals surface area contributed by atoms with E-state index in [1.807, 2.05) is 4.90 Å². The van der Waals surface area contributed by atoms with E-state index in [9.17, 15) is 28.8 Å². The van der Waals surface area contributed by atoms with Gasteiger partial charge in [-0.05, 0) is 19.3 Å². The summed E-state index contributed by atoms with van der Waals surface area (Å²) in [5.74, 6) is -0.701. The highest BCUT2D eigenvalue weighted by Gasteiger charge is 2.15. The fourth-order valence-electron chi connectivity index (χ4n) is 5.11. The predicted molar refractivity (Wildman–Crippen MR) is 208 cm³/mol. The van der Waals surface area contributed by atoms with Crippen molar-refractivity contribution in [2.75, 3.05) is 78.5 Å². The summed E-state index contributed by atoms with van der Waals surface area (Å²) < 4.78 is 0. The van der Waals surface area contributed by atoms with Gasteiger partial charge in [0.15, 0.2) is 0 Å². The molecule has 0 aromatic heterocycles.